The molecule has 1 heterocycles. The number of benzene rings is 1. The lowest BCUT2D eigenvalue weighted by Gasteiger charge is -2.08. The molecule has 0 aliphatic heterocycles. The van der Waals surface area contributed by atoms with Gasteiger partial charge in [-0.1, -0.05) is 4.49 Å². The zero-order valence-corrected chi connectivity index (χ0v) is 10.1. The van der Waals surface area contributed by atoms with Gasteiger partial charge in [0.25, 0.3) is 0 Å². The van der Waals surface area contributed by atoms with Crippen molar-refractivity contribution in [3.8, 4) is 0 Å². The molecule has 2 aromatic rings. The molecule has 0 bridgehead atoms. The third kappa shape index (κ3) is 2.12. The monoisotopic (exact) mass is 250 g/mol. The van der Waals surface area contributed by atoms with Crippen LogP contribution in [0.3, 0.4) is 0 Å². The average molecular weight is 250 g/mol. The Kier molecular flexibility index (Phi) is 2.45. The summed E-state index contributed by atoms with van der Waals surface area (Å²) >= 11 is 6.60. The van der Waals surface area contributed by atoms with Gasteiger partial charge in [-0.3, -0.25) is 0 Å². The Hall–Kier alpha value is -1.27. The van der Waals surface area contributed by atoms with Crippen molar-refractivity contribution < 1.29 is 0 Å². The number of aromatic nitrogens is 2. The second kappa shape index (κ2) is 3.95. The first-order chi connectivity index (χ1) is 7.81. The summed E-state index contributed by atoms with van der Waals surface area (Å²) in [6.07, 6.45) is 2.44. The Morgan fingerprint density at radius 2 is 2.31 bits per heavy atom. The maximum absolute atomic E-state index is 5.20. The SMILES string of the molecule is S=C(Nc1ccc2snnc2c1)NC1CC1. The molecular weight excluding hydrogens is 240 g/mol. The number of anilines is 1. The maximum atomic E-state index is 5.20. The van der Waals surface area contributed by atoms with E-state index in [-0.39, 0.29) is 0 Å². The number of hydrogen-bond acceptors (Lipinski definition) is 4. The second-order valence-corrected chi connectivity index (χ2v) is 5.02. The van der Waals surface area contributed by atoms with Gasteiger partial charge in [0, 0.05) is 11.7 Å². The molecule has 1 aliphatic carbocycles. The Labute approximate surface area is 102 Å². The Balaban J connectivity index is 1.74. The minimum Gasteiger partial charge on any atom is -0.360 e. The lowest BCUT2D eigenvalue weighted by molar-refractivity contribution is 0.919. The third-order valence-corrected chi connectivity index (χ3v) is 3.34. The van der Waals surface area contributed by atoms with Crippen LogP contribution in [0.25, 0.3) is 10.2 Å². The van der Waals surface area contributed by atoms with Crippen LogP contribution in [0.1, 0.15) is 12.8 Å². The quantitative estimate of drug-likeness (QED) is 0.800. The van der Waals surface area contributed by atoms with Gasteiger partial charge in [-0.05, 0) is 54.8 Å². The molecule has 0 spiro atoms. The molecular formula is C10H10N4S2. The van der Waals surface area contributed by atoms with Crippen LogP contribution in [-0.4, -0.2) is 20.7 Å². The second-order valence-electron chi connectivity index (χ2n) is 3.83. The normalized spacial score (nSPS) is 15.0. The fraction of sp³-hybridized carbons (Fsp3) is 0.300. The van der Waals surface area contributed by atoms with Crippen molar-refractivity contribution in [2.24, 2.45) is 0 Å². The molecule has 1 aromatic carbocycles. The van der Waals surface area contributed by atoms with Crippen LogP contribution in [0.5, 0.6) is 0 Å². The van der Waals surface area contributed by atoms with Crippen LogP contribution in [-0.2, 0) is 0 Å². The maximum Gasteiger partial charge on any atom is 0.170 e. The van der Waals surface area contributed by atoms with E-state index >= 15 is 0 Å². The summed E-state index contributed by atoms with van der Waals surface area (Å²) < 4.78 is 4.98. The van der Waals surface area contributed by atoms with Gasteiger partial charge in [0.05, 0.1) is 4.70 Å². The van der Waals surface area contributed by atoms with Gasteiger partial charge >= 0.3 is 0 Å². The van der Waals surface area contributed by atoms with E-state index in [2.05, 4.69) is 20.2 Å². The Morgan fingerprint density at radius 3 is 3.12 bits per heavy atom. The van der Waals surface area contributed by atoms with Crippen LogP contribution in [0.4, 0.5) is 5.69 Å². The highest BCUT2D eigenvalue weighted by molar-refractivity contribution is 7.80. The molecule has 4 nitrogen and oxygen atoms in total. The van der Waals surface area contributed by atoms with Gasteiger partial charge in [-0.2, -0.15) is 0 Å². The summed E-state index contributed by atoms with van der Waals surface area (Å²) in [5.74, 6) is 0. The van der Waals surface area contributed by atoms with Crippen molar-refractivity contribution in [1.82, 2.24) is 14.9 Å². The predicted molar refractivity (Wildman–Crippen MR) is 69.8 cm³/mol. The highest BCUT2D eigenvalue weighted by Gasteiger charge is 2.21. The molecule has 2 N–H and O–H groups in total. The highest BCUT2D eigenvalue weighted by Crippen LogP contribution is 2.21. The van der Waals surface area contributed by atoms with Crippen LogP contribution < -0.4 is 10.6 Å². The van der Waals surface area contributed by atoms with Crippen molar-refractivity contribution in [3.05, 3.63) is 18.2 Å². The van der Waals surface area contributed by atoms with Gasteiger partial charge in [0.1, 0.15) is 5.52 Å². The molecule has 0 unspecified atom stereocenters. The standard InChI is InChI=1S/C10H10N4S2/c15-10(11-6-1-2-6)12-7-3-4-9-8(5-7)13-14-16-9/h3-6H,1-2H2,(H2,11,12,15). The molecule has 3 rings (SSSR count). The first-order valence-electron chi connectivity index (χ1n) is 5.11. The molecule has 16 heavy (non-hydrogen) atoms. The Bertz CT molecular complexity index is 532. The van der Waals surface area contributed by atoms with E-state index < -0.39 is 0 Å². The zero-order chi connectivity index (χ0) is 11.0. The molecule has 0 saturated heterocycles. The lowest BCUT2D eigenvalue weighted by atomic mass is 10.3. The summed E-state index contributed by atoms with van der Waals surface area (Å²) in [5, 5.41) is 11.1. The molecule has 1 fully saturated rings. The number of rotatable bonds is 2. The average Bonchev–Trinajstić information content (AvgIpc) is 2.95. The van der Waals surface area contributed by atoms with Gasteiger partial charge in [0.15, 0.2) is 5.11 Å². The van der Waals surface area contributed by atoms with Crippen molar-refractivity contribution in [2.45, 2.75) is 18.9 Å². The van der Waals surface area contributed by atoms with Crippen molar-refractivity contribution in [2.75, 3.05) is 5.32 Å². The van der Waals surface area contributed by atoms with Crippen molar-refractivity contribution in [3.63, 3.8) is 0 Å². The van der Waals surface area contributed by atoms with E-state index in [1.54, 1.807) is 0 Å². The van der Waals surface area contributed by atoms with Gasteiger partial charge < -0.3 is 10.6 Å². The molecule has 0 atom stereocenters. The molecule has 82 valence electrons. The largest absolute Gasteiger partial charge is 0.360 e. The van der Waals surface area contributed by atoms with E-state index in [1.807, 2.05) is 18.2 Å². The molecule has 1 aromatic heterocycles. The van der Waals surface area contributed by atoms with E-state index in [0.29, 0.717) is 11.2 Å². The predicted octanol–water partition coefficient (Wildman–Crippen LogP) is 2.14. The van der Waals surface area contributed by atoms with Crippen LogP contribution in [0.15, 0.2) is 18.2 Å². The molecule has 1 saturated carbocycles. The third-order valence-electron chi connectivity index (χ3n) is 2.42. The number of hydrogen-bond donors (Lipinski definition) is 2. The number of nitrogens with one attached hydrogen (secondary N) is 2. The van der Waals surface area contributed by atoms with Crippen molar-refractivity contribution in [1.29, 1.82) is 0 Å². The van der Waals surface area contributed by atoms with E-state index in [1.165, 1.54) is 24.4 Å². The first kappa shape index (κ1) is 9.92. The summed E-state index contributed by atoms with van der Waals surface area (Å²) in [4.78, 5) is 0. The van der Waals surface area contributed by atoms with E-state index in [4.69, 9.17) is 12.2 Å². The van der Waals surface area contributed by atoms with Crippen LogP contribution in [0.2, 0.25) is 0 Å². The molecule has 0 radical (unpaired) electrons. The van der Waals surface area contributed by atoms with Crippen LogP contribution >= 0.6 is 23.8 Å². The molecule has 0 amide bonds. The topological polar surface area (TPSA) is 49.8 Å². The van der Waals surface area contributed by atoms with E-state index in [9.17, 15) is 0 Å². The van der Waals surface area contributed by atoms with Crippen LogP contribution in [0, 0.1) is 0 Å². The number of thiocarbonyl (C=S) groups is 1. The zero-order valence-electron chi connectivity index (χ0n) is 8.43. The van der Waals surface area contributed by atoms with Gasteiger partial charge in [-0.25, -0.2) is 0 Å². The fourth-order valence-electron chi connectivity index (χ4n) is 1.44. The highest BCUT2D eigenvalue weighted by atomic mass is 32.1. The van der Waals surface area contributed by atoms with Crippen molar-refractivity contribution >= 4 is 44.8 Å². The molecule has 6 heteroatoms. The van der Waals surface area contributed by atoms with Gasteiger partial charge in [-0.15, -0.1) is 5.10 Å². The summed E-state index contributed by atoms with van der Waals surface area (Å²) in [5.41, 5.74) is 1.86. The first-order valence-corrected chi connectivity index (χ1v) is 6.29. The number of nitrogens with zero attached hydrogens (tertiary/aromatic N) is 2. The Morgan fingerprint density at radius 1 is 1.44 bits per heavy atom. The summed E-state index contributed by atoms with van der Waals surface area (Å²) in [7, 11) is 0. The smallest absolute Gasteiger partial charge is 0.170 e. The summed E-state index contributed by atoms with van der Waals surface area (Å²) in [6, 6.07) is 6.52. The fourth-order valence-corrected chi connectivity index (χ4v) is 2.26. The summed E-state index contributed by atoms with van der Waals surface area (Å²) in [6.45, 7) is 0. The minimum atomic E-state index is 0.574. The molecule has 1 aliphatic rings. The number of fused-ring (bicyclic) bond motifs is 1. The van der Waals surface area contributed by atoms with E-state index in [0.717, 1.165) is 15.9 Å². The van der Waals surface area contributed by atoms with Gasteiger partial charge in [0.2, 0.25) is 0 Å². The minimum absolute atomic E-state index is 0.574. The lowest BCUT2D eigenvalue weighted by Crippen LogP contribution is -2.30.